The van der Waals surface area contributed by atoms with E-state index < -0.39 is 0 Å². The number of halogens is 1. The molecule has 1 aromatic carbocycles. The van der Waals surface area contributed by atoms with Gasteiger partial charge >= 0.3 is 0 Å². The molecule has 0 saturated heterocycles. The third-order valence-corrected chi connectivity index (χ3v) is 4.86. The summed E-state index contributed by atoms with van der Waals surface area (Å²) >= 11 is 2.33. The zero-order chi connectivity index (χ0) is 14.2. The summed E-state index contributed by atoms with van der Waals surface area (Å²) in [7, 11) is 0. The summed E-state index contributed by atoms with van der Waals surface area (Å²) in [5, 5.41) is 0. The molecular formula is C14H18IN5. The molecule has 4 N–H and O–H groups in total. The van der Waals surface area contributed by atoms with Crippen LogP contribution in [0.15, 0.2) is 34.3 Å². The van der Waals surface area contributed by atoms with E-state index in [0.29, 0.717) is 11.9 Å². The molecule has 106 valence electrons. The van der Waals surface area contributed by atoms with Gasteiger partial charge in [-0.05, 0) is 60.4 Å². The molecule has 1 aliphatic carbocycles. The molecule has 20 heavy (non-hydrogen) atoms. The summed E-state index contributed by atoms with van der Waals surface area (Å²) in [5.41, 5.74) is 12.8. The Morgan fingerprint density at radius 3 is 2.50 bits per heavy atom. The molecule has 1 aromatic rings. The minimum absolute atomic E-state index is 0.298. The van der Waals surface area contributed by atoms with Gasteiger partial charge in [0.15, 0.2) is 0 Å². The number of aliphatic imine (C=N–C) groups is 2. The molecule has 0 unspecified atom stereocenters. The van der Waals surface area contributed by atoms with E-state index in [1.54, 1.807) is 0 Å². The minimum Gasteiger partial charge on any atom is -0.369 e. The molecule has 2 aliphatic rings. The van der Waals surface area contributed by atoms with Gasteiger partial charge in [0.25, 0.3) is 0 Å². The fourth-order valence-corrected chi connectivity index (χ4v) is 3.73. The first kappa shape index (κ1) is 13.7. The number of anilines is 1. The smallest absolute Gasteiger partial charge is 0.220 e. The van der Waals surface area contributed by atoms with Crippen molar-refractivity contribution in [3.05, 3.63) is 27.8 Å². The van der Waals surface area contributed by atoms with Gasteiger partial charge in [0.05, 0.1) is 5.69 Å². The molecule has 1 saturated carbocycles. The molecule has 0 aromatic heterocycles. The number of hydrogen-bond donors (Lipinski definition) is 2. The Balaban J connectivity index is 2.11. The maximum atomic E-state index is 6.19. The molecule has 1 spiro atoms. The Hall–Kier alpha value is -1.31. The van der Waals surface area contributed by atoms with Crippen LogP contribution in [0.4, 0.5) is 5.69 Å². The minimum atomic E-state index is -0.352. The molecule has 1 heterocycles. The third-order valence-electron chi connectivity index (χ3n) is 3.94. The number of guanidine groups is 2. The van der Waals surface area contributed by atoms with Gasteiger partial charge in [0, 0.05) is 3.57 Å². The standard InChI is InChI=1S/C14H18IN5/c15-10-6-2-3-7-11(10)20-13(17)18-12(16)19-14(20)8-4-1-5-9-14/h2-3,6-7H,1,4-5,8-9H2,(H4,16,17,18,19). The second-order valence-corrected chi connectivity index (χ2v) is 6.43. The van der Waals surface area contributed by atoms with Crippen LogP contribution in [0.2, 0.25) is 0 Å². The summed E-state index contributed by atoms with van der Waals surface area (Å²) in [6, 6.07) is 8.18. The predicted octanol–water partition coefficient (Wildman–Crippen LogP) is 2.40. The van der Waals surface area contributed by atoms with Crippen LogP contribution in [0.25, 0.3) is 0 Å². The lowest BCUT2D eigenvalue weighted by molar-refractivity contribution is 0.305. The van der Waals surface area contributed by atoms with Crippen LogP contribution in [-0.4, -0.2) is 17.6 Å². The topological polar surface area (TPSA) is 80.0 Å². The van der Waals surface area contributed by atoms with Gasteiger partial charge < -0.3 is 11.5 Å². The lowest BCUT2D eigenvalue weighted by atomic mass is 9.87. The van der Waals surface area contributed by atoms with Gasteiger partial charge in [-0.1, -0.05) is 18.6 Å². The number of nitrogens with two attached hydrogens (primary N) is 2. The molecule has 0 radical (unpaired) electrons. The van der Waals surface area contributed by atoms with Crippen LogP contribution in [0.3, 0.4) is 0 Å². The van der Waals surface area contributed by atoms with Crippen molar-refractivity contribution in [2.45, 2.75) is 37.8 Å². The highest BCUT2D eigenvalue weighted by molar-refractivity contribution is 14.1. The average molecular weight is 383 g/mol. The Labute approximate surface area is 132 Å². The van der Waals surface area contributed by atoms with E-state index in [1.165, 1.54) is 6.42 Å². The van der Waals surface area contributed by atoms with E-state index in [1.807, 2.05) is 12.1 Å². The quantitative estimate of drug-likeness (QED) is 0.731. The van der Waals surface area contributed by atoms with E-state index in [0.717, 1.165) is 34.9 Å². The van der Waals surface area contributed by atoms with Crippen molar-refractivity contribution in [1.29, 1.82) is 0 Å². The van der Waals surface area contributed by atoms with Gasteiger partial charge in [-0.25, -0.2) is 4.99 Å². The number of para-hydroxylation sites is 1. The van der Waals surface area contributed by atoms with E-state index >= 15 is 0 Å². The van der Waals surface area contributed by atoms with E-state index in [9.17, 15) is 0 Å². The van der Waals surface area contributed by atoms with Crippen LogP contribution >= 0.6 is 22.6 Å². The molecule has 3 rings (SSSR count). The van der Waals surface area contributed by atoms with E-state index in [4.69, 9.17) is 11.5 Å². The molecule has 0 amide bonds. The summed E-state index contributed by atoms with van der Waals surface area (Å²) < 4.78 is 1.14. The SMILES string of the molecule is NC1=NC2(CCCCC2)N(c2ccccc2I)C(N)=N1. The third kappa shape index (κ3) is 2.25. The number of benzene rings is 1. The molecule has 0 atom stereocenters. The lowest BCUT2D eigenvalue weighted by Crippen LogP contribution is -2.58. The fourth-order valence-electron chi connectivity index (χ4n) is 3.10. The van der Waals surface area contributed by atoms with Crippen molar-refractivity contribution >= 4 is 40.2 Å². The monoisotopic (exact) mass is 383 g/mol. The number of nitrogens with zero attached hydrogens (tertiary/aromatic N) is 3. The molecule has 0 bridgehead atoms. The average Bonchev–Trinajstić information content (AvgIpc) is 2.41. The van der Waals surface area contributed by atoms with Crippen molar-refractivity contribution in [1.82, 2.24) is 0 Å². The van der Waals surface area contributed by atoms with Crippen molar-refractivity contribution in [2.24, 2.45) is 21.5 Å². The number of rotatable bonds is 1. The Morgan fingerprint density at radius 1 is 1.10 bits per heavy atom. The van der Waals surface area contributed by atoms with Gasteiger partial charge in [0.1, 0.15) is 5.66 Å². The van der Waals surface area contributed by atoms with Crippen molar-refractivity contribution in [2.75, 3.05) is 4.90 Å². The van der Waals surface area contributed by atoms with Gasteiger partial charge in [-0.2, -0.15) is 4.99 Å². The van der Waals surface area contributed by atoms with Crippen LogP contribution in [0.1, 0.15) is 32.1 Å². The first-order chi connectivity index (χ1) is 9.62. The zero-order valence-corrected chi connectivity index (χ0v) is 13.4. The molecule has 1 fully saturated rings. The Kier molecular flexibility index (Phi) is 3.57. The molecular weight excluding hydrogens is 365 g/mol. The van der Waals surface area contributed by atoms with Crippen LogP contribution in [0.5, 0.6) is 0 Å². The van der Waals surface area contributed by atoms with Crippen molar-refractivity contribution in [3.63, 3.8) is 0 Å². The second-order valence-electron chi connectivity index (χ2n) is 5.27. The van der Waals surface area contributed by atoms with Crippen LogP contribution < -0.4 is 16.4 Å². The normalized spacial score (nSPS) is 21.6. The molecule has 6 heteroatoms. The van der Waals surface area contributed by atoms with Crippen LogP contribution in [-0.2, 0) is 0 Å². The van der Waals surface area contributed by atoms with Crippen molar-refractivity contribution in [3.8, 4) is 0 Å². The first-order valence-electron chi connectivity index (χ1n) is 6.87. The van der Waals surface area contributed by atoms with Gasteiger partial charge in [-0.3, -0.25) is 4.90 Å². The highest BCUT2D eigenvalue weighted by Crippen LogP contribution is 2.40. The Morgan fingerprint density at radius 2 is 1.80 bits per heavy atom. The summed E-state index contributed by atoms with van der Waals surface area (Å²) in [5.74, 6) is 0.745. The fraction of sp³-hybridized carbons (Fsp3) is 0.429. The summed E-state index contributed by atoms with van der Waals surface area (Å²) in [6.07, 6.45) is 5.46. The summed E-state index contributed by atoms with van der Waals surface area (Å²) in [4.78, 5) is 10.9. The Bertz CT molecular complexity index is 575. The largest absolute Gasteiger partial charge is 0.369 e. The van der Waals surface area contributed by atoms with Gasteiger partial charge in [0.2, 0.25) is 11.9 Å². The van der Waals surface area contributed by atoms with E-state index in [-0.39, 0.29) is 5.66 Å². The van der Waals surface area contributed by atoms with Crippen LogP contribution in [0, 0.1) is 3.57 Å². The van der Waals surface area contributed by atoms with Crippen molar-refractivity contribution < 1.29 is 0 Å². The highest BCUT2D eigenvalue weighted by Gasteiger charge is 2.42. The maximum Gasteiger partial charge on any atom is 0.220 e. The van der Waals surface area contributed by atoms with E-state index in [2.05, 4.69) is 49.6 Å². The maximum absolute atomic E-state index is 6.19. The summed E-state index contributed by atoms with van der Waals surface area (Å²) in [6.45, 7) is 0. The highest BCUT2D eigenvalue weighted by atomic mass is 127. The molecule has 5 nitrogen and oxygen atoms in total. The zero-order valence-electron chi connectivity index (χ0n) is 11.2. The number of hydrogen-bond acceptors (Lipinski definition) is 5. The molecule has 1 aliphatic heterocycles. The van der Waals surface area contributed by atoms with Gasteiger partial charge in [-0.15, -0.1) is 0 Å². The first-order valence-corrected chi connectivity index (χ1v) is 7.94. The lowest BCUT2D eigenvalue weighted by Gasteiger charge is -2.45. The second kappa shape index (κ2) is 5.23. The predicted molar refractivity (Wildman–Crippen MR) is 90.7 cm³/mol.